The Kier molecular flexibility index (Phi) is 52.8. The maximum atomic E-state index is 12.8. The third-order valence-electron chi connectivity index (χ3n) is 12.8. The normalized spacial score (nSPS) is 12.1. The molecule has 0 aliphatic rings. The topological polar surface area (TPSA) is 61.8 Å². The fraction of sp³-hybridized carbons (Fsp3) is 0.930. The minimum atomic E-state index is -0.530. The van der Waals surface area contributed by atoms with Crippen LogP contribution in [-0.4, -0.2) is 37.9 Å². The molecule has 1 unspecified atom stereocenters. The minimum absolute atomic E-state index is 0.0907. The minimum Gasteiger partial charge on any atom is -0.462 e. The molecule has 5 nitrogen and oxygen atoms in total. The van der Waals surface area contributed by atoms with Gasteiger partial charge in [0, 0.05) is 19.4 Å². The van der Waals surface area contributed by atoms with Crippen LogP contribution in [0, 0.1) is 0 Å². The lowest BCUT2D eigenvalue weighted by molar-refractivity contribution is -0.163. The summed E-state index contributed by atoms with van der Waals surface area (Å²) in [5, 5.41) is 0. The number of carbonyl (C=O) groups excluding carboxylic acids is 2. The van der Waals surface area contributed by atoms with Gasteiger partial charge in [-0.3, -0.25) is 9.59 Å². The van der Waals surface area contributed by atoms with E-state index in [4.69, 9.17) is 14.2 Å². The third kappa shape index (κ3) is 51.3. The highest BCUT2D eigenvalue weighted by Crippen LogP contribution is 2.17. The molecule has 0 saturated carbocycles. The van der Waals surface area contributed by atoms with Crippen molar-refractivity contribution in [2.24, 2.45) is 0 Å². The third-order valence-corrected chi connectivity index (χ3v) is 12.8. The highest BCUT2D eigenvalue weighted by molar-refractivity contribution is 5.70. The maximum Gasteiger partial charge on any atom is 0.306 e. The Morgan fingerprint density at radius 2 is 0.629 bits per heavy atom. The van der Waals surface area contributed by atoms with E-state index in [2.05, 4.69) is 32.9 Å². The van der Waals surface area contributed by atoms with Gasteiger partial charge in [-0.15, -0.1) is 0 Å². The van der Waals surface area contributed by atoms with Gasteiger partial charge in [-0.25, -0.2) is 0 Å². The monoisotopic (exact) mass is 875 g/mol. The molecular weight excluding hydrogens is 765 g/mol. The largest absolute Gasteiger partial charge is 0.462 e. The average Bonchev–Trinajstić information content (AvgIpc) is 3.27. The van der Waals surface area contributed by atoms with Gasteiger partial charge in [0.15, 0.2) is 6.10 Å². The zero-order chi connectivity index (χ0) is 44.9. The van der Waals surface area contributed by atoms with Gasteiger partial charge in [0.25, 0.3) is 0 Å². The van der Waals surface area contributed by atoms with E-state index in [0.717, 1.165) is 38.5 Å². The quantitative estimate of drug-likeness (QED) is 0.0346. The van der Waals surface area contributed by atoms with Crippen molar-refractivity contribution >= 4 is 11.9 Å². The van der Waals surface area contributed by atoms with Crippen LogP contribution in [0.5, 0.6) is 0 Å². The molecule has 0 heterocycles. The number of unbranched alkanes of at least 4 members (excludes halogenated alkanes) is 40. The molecule has 5 heteroatoms. The number of hydrogen-bond donors (Lipinski definition) is 0. The van der Waals surface area contributed by atoms with Crippen LogP contribution in [0.2, 0.25) is 0 Å². The first-order valence-corrected chi connectivity index (χ1v) is 28.2. The van der Waals surface area contributed by atoms with Crippen LogP contribution in [-0.2, 0) is 23.8 Å². The van der Waals surface area contributed by atoms with Crippen LogP contribution in [0.4, 0.5) is 0 Å². The second-order valence-corrected chi connectivity index (χ2v) is 19.2. The first-order chi connectivity index (χ1) is 30.6. The summed E-state index contributed by atoms with van der Waals surface area (Å²) in [6.45, 7) is 7.89. The molecule has 1 atom stereocenters. The van der Waals surface area contributed by atoms with Crippen LogP contribution in [0.15, 0.2) is 12.2 Å². The zero-order valence-corrected chi connectivity index (χ0v) is 42.4. The number of hydrogen-bond acceptors (Lipinski definition) is 5. The molecule has 0 radical (unpaired) electrons. The van der Waals surface area contributed by atoms with Crippen molar-refractivity contribution in [3.63, 3.8) is 0 Å². The summed E-state index contributed by atoms with van der Waals surface area (Å²) in [6, 6.07) is 0. The van der Waals surface area contributed by atoms with E-state index in [1.807, 2.05) is 0 Å². The molecule has 0 saturated heterocycles. The van der Waals surface area contributed by atoms with Crippen LogP contribution < -0.4 is 0 Å². The molecule has 0 aromatic carbocycles. The van der Waals surface area contributed by atoms with Crippen molar-refractivity contribution in [1.82, 2.24) is 0 Å². The Morgan fingerprint density at radius 3 is 0.984 bits per heavy atom. The van der Waals surface area contributed by atoms with E-state index in [0.29, 0.717) is 26.1 Å². The van der Waals surface area contributed by atoms with Crippen LogP contribution in [0.25, 0.3) is 0 Å². The van der Waals surface area contributed by atoms with Crippen molar-refractivity contribution in [3.8, 4) is 0 Å². The fourth-order valence-corrected chi connectivity index (χ4v) is 8.57. The van der Waals surface area contributed by atoms with E-state index < -0.39 is 6.10 Å². The van der Waals surface area contributed by atoms with Gasteiger partial charge < -0.3 is 14.2 Å². The summed E-state index contributed by atoms with van der Waals surface area (Å²) in [5.74, 6) is -0.383. The molecule has 0 fully saturated rings. The zero-order valence-electron chi connectivity index (χ0n) is 42.4. The summed E-state index contributed by atoms with van der Waals surface area (Å²) in [7, 11) is 0. The lowest BCUT2D eigenvalue weighted by Crippen LogP contribution is -2.30. The standard InChI is InChI=1S/C57H110O5/c1-4-7-10-13-16-19-22-25-27-28-29-31-34-37-40-43-46-49-52-60-53-55(62-57(59)51-48-45-42-39-36-32-24-21-18-15-12-9-6-3)54-61-56(58)50-47-44-41-38-35-33-30-26-23-20-17-14-11-8-5-2/h26,30,55H,4-25,27-29,31-54H2,1-3H3/b30-26-. The van der Waals surface area contributed by atoms with E-state index >= 15 is 0 Å². The molecule has 0 amide bonds. The van der Waals surface area contributed by atoms with Crippen molar-refractivity contribution in [2.75, 3.05) is 19.8 Å². The molecule has 0 aliphatic heterocycles. The number of ether oxygens (including phenoxy) is 3. The summed E-state index contributed by atoms with van der Waals surface area (Å²) in [4.78, 5) is 25.4. The van der Waals surface area contributed by atoms with Gasteiger partial charge >= 0.3 is 11.9 Å². The fourth-order valence-electron chi connectivity index (χ4n) is 8.57. The van der Waals surface area contributed by atoms with Crippen LogP contribution >= 0.6 is 0 Å². The van der Waals surface area contributed by atoms with E-state index in [-0.39, 0.29) is 18.5 Å². The summed E-state index contributed by atoms with van der Waals surface area (Å²) >= 11 is 0. The highest BCUT2D eigenvalue weighted by atomic mass is 16.6. The molecule has 0 N–H and O–H groups in total. The maximum absolute atomic E-state index is 12.8. The molecule has 368 valence electrons. The van der Waals surface area contributed by atoms with Crippen molar-refractivity contribution in [1.29, 1.82) is 0 Å². The van der Waals surface area contributed by atoms with Crippen LogP contribution in [0.1, 0.15) is 316 Å². The Hall–Kier alpha value is -1.36. The Morgan fingerprint density at radius 1 is 0.339 bits per heavy atom. The molecule has 0 bridgehead atoms. The lowest BCUT2D eigenvalue weighted by Gasteiger charge is -2.18. The van der Waals surface area contributed by atoms with Gasteiger partial charge in [0.2, 0.25) is 0 Å². The molecule has 62 heavy (non-hydrogen) atoms. The smallest absolute Gasteiger partial charge is 0.306 e. The summed E-state index contributed by atoms with van der Waals surface area (Å²) in [6.07, 6.45) is 62.3. The second-order valence-electron chi connectivity index (χ2n) is 19.2. The van der Waals surface area contributed by atoms with Crippen molar-refractivity contribution < 1.29 is 23.8 Å². The molecule has 0 rings (SSSR count). The van der Waals surface area contributed by atoms with Gasteiger partial charge in [0.1, 0.15) is 6.61 Å². The Balaban J connectivity index is 4.19. The Bertz CT molecular complexity index is 902. The predicted octanol–water partition coefficient (Wildman–Crippen LogP) is 19.0. The van der Waals surface area contributed by atoms with Crippen molar-refractivity contribution in [3.05, 3.63) is 12.2 Å². The number of carbonyl (C=O) groups is 2. The second kappa shape index (κ2) is 54.0. The lowest BCUT2D eigenvalue weighted by atomic mass is 10.0. The molecule has 0 aromatic heterocycles. The number of esters is 2. The molecular formula is C57H110O5. The highest BCUT2D eigenvalue weighted by Gasteiger charge is 2.17. The summed E-state index contributed by atoms with van der Waals surface area (Å²) in [5.41, 5.74) is 0. The van der Waals surface area contributed by atoms with Crippen molar-refractivity contribution in [2.45, 2.75) is 322 Å². The Labute approximate surface area is 388 Å². The van der Waals surface area contributed by atoms with E-state index in [1.54, 1.807) is 0 Å². The van der Waals surface area contributed by atoms with Gasteiger partial charge in [-0.05, 0) is 44.9 Å². The summed E-state index contributed by atoms with van der Waals surface area (Å²) < 4.78 is 17.5. The first kappa shape index (κ1) is 60.6. The van der Waals surface area contributed by atoms with Gasteiger partial charge in [-0.1, -0.05) is 270 Å². The predicted molar refractivity (Wildman–Crippen MR) is 270 cm³/mol. The number of rotatable bonds is 53. The van der Waals surface area contributed by atoms with E-state index in [1.165, 1.54) is 244 Å². The van der Waals surface area contributed by atoms with Gasteiger partial charge in [0.05, 0.1) is 6.61 Å². The molecule has 0 aromatic rings. The van der Waals surface area contributed by atoms with Gasteiger partial charge in [-0.2, -0.15) is 0 Å². The number of allylic oxidation sites excluding steroid dienone is 2. The average molecular weight is 876 g/mol. The van der Waals surface area contributed by atoms with Crippen LogP contribution in [0.3, 0.4) is 0 Å². The molecule has 0 aliphatic carbocycles. The SMILES string of the molecule is CCCCCCCC/C=C\CCCCCCCC(=O)OCC(COCCCCCCCCCCCCCCCCCCCC)OC(=O)CCCCCCCCCCCCCCC. The van der Waals surface area contributed by atoms with E-state index in [9.17, 15) is 9.59 Å². The molecule has 0 spiro atoms. The first-order valence-electron chi connectivity index (χ1n) is 28.2.